The van der Waals surface area contributed by atoms with Crippen LogP contribution >= 0.6 is 0 Å². The minimum absolute atomic E-state index is 0.370. The van der Waals surface area contributed by atoms with Crippen LogP contribution in [0.1, 0.15) is 52.4 Å². The van der Waals surface area contributed by atoms with Crippen LogP contribution in [-0.2, 0) is 0 Å². The molecule has 98 valence electrons. The number of rotatable bonds is 5. The van der Waals surface area contributed by atoms with E-state index in [2.05, 4.69) is 24.1 Å². The van der Waals surface area contributed by atoms with Crippen LogP contribution in [0.3, 0.4) is 0 Å². The van der Waals surface area contributed by atoms with Crippen molar-refractivity contribution in [2.24, 2.45) is 11.8 Å². The molecule has 1 aliphatic heterocycles. The lowest BCUT2D eigenvalue weighted by Crippen LogP contribution is -2.63. The van der Waals surface area contributed by atoms with Gasteiger partial charge in [0.1, 0.15) is 0 Å². The number of nitrogens with zero attached hydrogens (tertiary/aromatic N) is 1. The Hall–Kier alpha value is -0.0800. The molecule has 1 saturated heterocycles. The summed E-state index contributed by atoms with van der Waals surface area (Å²) in [6.07, 6.45) is 8.69. The van der Waals surface area contributed by atoms with Crippen molar-refractivity contribution in [2.45, 2.75) is 64.0 Å². The van der Waals surface area contributed by atoms with Crippen LogP contribution in [0.2, 0.25) is 0 Å². The predicted octanol–water partition coefficient (Wildman–Crippen LogP) is 2.64. The summed E-state index contributed by atoms with van der Waals surface area (Å²) in [7, 11) is 0. The maximum Gasteiger partial charge on any atom is 0.0278 e. The van der Waals surface area contributed by atoms with Crippen molar-refractivity contribution in [1.29, 1.82) is 0 Å². The highest BCUT2D eigenvalue weighted by atomic mass is 15.3. The van der Waals surface area contributed by atoms with Crippen molar-refractivity contribution in [1.82, 2.24) is 10.2 Å². The fourth-order valence-electron chi connectivity index (χ4n) is 3.28. The van der Waals surface area contributed by atoms with Crippen molar-refractivity contribution < 1.29 is 0 Å². The van der Waals surface area contributed by atoms with Crippen molar-refractivity contribution in [3.63, 3.8) is 0 Å². The highest BCUT2D eigenvalue weighted by Crippen LogP contribution is 2.39. The second-order valence-corrected chi connectivity index (χ2v) is 6.90. The van der Waals surface area contributed by atoms with Gasteiger partial charge in [0.05, 0.1) is 0 Å². The molecule has 3 aliphatic rings. The summed E-state index contributed by atoms with van der Waals surface area (Å²) < 4.78 is 0. The van der Waals surface area contributed by atoms with E-state index in [4.69, 9.17) is 0 Å². The van der Waals surface area contributed by atoms with Gasteiger partial charge < -0.3 is 5.32 Å². The molecular formula is C15H28N2. The first-order valence-electron chi connectivity index (χ1n) is 7.69. The van der Waals surface area contributed by atoms with Crippen molar-refractivity contribution in [3.8, 4) is 0 Å². The van der Waals surface area contributed by atoms with E-state index >= 15 is 0 Å². The molecule has 2 unspecified atom stereocenters. The van der Waals surface area contributed by atoms with E-state index in [9.17, 15) is 0 Å². The van der Waals surface area contributed by atoms with E-state index in [1.165, 1.54) is 58.2 Å². The van der Waals surface area contributed by atoms with Gasteiger partial charge in [-0.1, -0.05) is 19.8 Å². The number of nitrogens with one attached hydrogen (secondary N) is 1. The van der Waals surface area contributed by atoms with E-state index in [-0.39, 0.29) is 0 Å². The Balaban J connectivity index is 1.59. The molecular weight excluding hydrogens is 208 g/mol. The van der Waals surface area contributed by atoms with Crippen LogP contribution in [0.4, 0.5) is 0 Å². The van der Waals surface area contributed by atoms with E-state index in [1.807, 2.05) is 0 Å². The van der Waals surface area contributed by atoms with Gasteiger partial charge in [0.2, 0.25) is 0 Å². The van der Waals surface area contributed by atoms with Gasteiger partial charge in [-0.15, -0.1) is 0 Å². The molecule has 1 heterocycles. The zero-order valence-corrected chi connectivity index (χ0v) is 11.5. The predicted molar refractivity (Wildman–Crippen MR) is 72.1 cm³/mol. The van der Waals surface area contributed by atoms with Crippen LogP contribution in [-0.4, -0.2) is 36.1 Å². The summed E-state index contributed by atoms with van der Waals surface area (Å²) >= 11 is 0. The summed E-state index contributed by atoms with van der Waals surface area (Å²) in [5.41, 5.74) is 0.370. The molecule has 0 amide bonds. The fraction of sp³-hybridized carbons (Fsp3) is 1.00. The standard InChI is InChI=1S/C15H28N2/c1-3-15(2)11-17(9-8-12-4-5-12)14(10-16-15)13-6-7-13/h12-14,16H,3-11H2,1-2H3. The topological polar surface area (TPSA) is 15.3 Å². The Bertz CT molecular complexity index is 270. The zero-order valence-electron chi connectivity index (χ0n) is 11.5. The molecule has 3 fully saturated rings. The molecule has 2 nitrogen and oxygen atoms in total. The molecule has 0 spiro atoms. The molecule has 1 N–H and O–H groups in total. The summed E-state index contributed by atoms with van der Waals surface area (Å²) in [4.78, 5) is 2.83. The van der Waals surface area contributed by atoms with Crippen LogP contribution in [0, 0.1) is 11.8 Å². The van der Waals surface area contributed by atoms with Crippen molar-refractivity contribution in [3.05, 3.63) is 0 Å². The molecule has 2 heteroatoms. The van der Waals surface area contributed by atoms with Gasteiger partial charge in [-0.2, -0.15) is 0 Å². The highest BCUT2D eigenvalue weighted by molar-refractivity contribution is 4.99. The third-order valence-electron chi connectivity index (χ3n) is 5.23. The highest BCUT2D eigenvalue weighted by Gasteiger charge is 2.41. The third kappa shape index (κ3) is 2.85. The molecule has 2 atom stereocenters. The Morgan fingerprint density at radius 3 is 2.59 bits per heavy atom. The third-order valence-corrected chi connectivity index (χ3v) is 5.23. The number of hydrogen-bond donors (Lipinski definition) is 1. The molecule has 0 bridgehead atoms. The summed E-state index contributed by atoms with van der Waals surface area (Å²) in [5, 5.41) is 3.81. The molecule has 3 rings (SSSR count). The maximum atomic E-state index is 3.81. The van der Waals surface area contributed by atoms with Gasteiger partial charge in [0.25, 0.3) is 0 Å². The van der Waals surface area contributed by atoms with Gasteiger partial charge in [-0.25, -0.2) is 0 Å². The maximum absolute atomic E-state index is 3.81. The van der Waals surface area contributed by atoms with Gasteiger partial charge in [-0.3, -0.25) is 4.90 Å². The first-order valence-corrected chi connectivity index (χ1v) is 7.69. The fourth-order valence-corrected chi connectivity index (χ4v) is 3.28. The van der Waals surface area contributed by atoms with E-state index in [0.717, 1.165) is 17.9 Å². The zero-order chi connectivity index (χ0) is 11.9. The van der Waals surface area contributed by atoms with Crippen LogP contribution in [0.25, 0.3) is 0 Å². The van der Waals surface area contributed by atoms with Gasteiger partial charge in [0.15, 0.2) is 0 Å². The van der Waals surface area contributed by atoms with Gasteiger partial charge >= 0.3 is 0 Å². The smallest absolute Gasteiger partial charge is 0.0278 e. The largest absolute Gasteiger partial charge is 0.309 e. The number of hydrogen-bond acceptors (Lipinski definition) is 2. The second-order valence-electron chi connectivity index (χ2n) is 6.90. The Morgan fingerprint density at radius 2 is 2.00 bits per heavy atom. The Morgan fingerprint density at radius 1 is 1.24 bits per heavy atom. The van der Waals surface area contributed by atoms with Gasteiger partial charge in [-0.05, 0) is 51.0 Å². The molecule has 0 radical (unpaired) electrons. The van der Waals surface area contributed by atoms with Gasteiger partial charge in [0, 0.05) is 24.7 Å². The lowest BCUT2D eigenvalue weighted by atomic mass is 9.92. The van der Waals surface area contributed by atoms with Crippen LogP contribution in [0.15, 0.2) is 0 Å². The SMILES string of the molecule is CCC1(C)CN(CCC2CC2)C(C2CC2)CN1. The van der Waals surface area contributed by atoms with Crippen molar-refractivity contribution in [2.75, 3.05) is 19.6 Å². The average Bonchev–Trinajstić information content (AvgIpc) is 3.18. The lowest BCUT2D eigenvalue weighted by Gasteiger charge is -2.46. The molecule has 0 aromatic heterocycles. The Labute approximate surface area is 106 Å². The molecule has 0 aromatic carbocycles. The first kappa shape index (κ1) is 12.0. The molecule has 17 heavy (non-hydrogen) atoms. The lowest BCUT2D eigenvalue weighted by molar-refractivity contribution is 0.0705. The van der Waals surface area contributed by atoms with E-state index < -0.39 is 0 Å². The minimum Gasteiger partial charge on any atom is -0.309 e. The first-order chi connectivity index (χ1) is 8.20. The number of piperazine rings is 1. The summed E-state index contributed by atoms with van der Waals surface area (Å²) in [6.45, 7) is 8.60. The monoisotopic (exact) mass is 236 g/mol. The van der Waals surface area contributed by atoms with E-state index in [0.29, 0.717) is 5.54 Å². The molecule has 2 saturated carbocycles. The quantitative estimate of drug-likeness (QED) is 0.789. The molecule has 0 aromatic rings. The van der Waals surface area contributed by atoms with Crippen molar-refractivity contribution >= 4 is 0 Å². The molecule has 2 aliphatic carbocycles. The van der Waals surface area contributed by atoms with E-state index in [1.54, 1.807) is 0 Å². The Kier molecular flexibility index (Phi) is 3.20. The normalized spacial score (nSPS) is 39.5. The summed E-state index contributed by atoms with van der Waals surface area (Å²) in [5.74, 6) is 2.10. The van der Waals surface area contributed by atoms with Crippen LogP contribution < -0.4 is 5.32 Å². The second kappa shape index (κ2) is 4.55. The minimum atomic E-state index is 0.370. The average molecular weight is 236 g/mol. The summed E-state index contributed by atoms with van der Waals surface area (Å²) in [6, 6.07) is 0.855. The van der Waals surface area contributed by atoms with Crippen LogP contribution in [0.5, 0.6) is 0 Å².